The van der Waals surface area contributed by atoms with Crippen LogP contribution in [0.1, 0.15) is 22.5 Å². The van der Waals surface area contributed by atoms with Gasteiger partial charge in [0.15, 0.2) is 0 Å². The second-order valence-electron chi connectivity index (χ2n) is 3.33. The van der Waals surface area contributed by atoms with Crippen LogP contribution in [0.4, 0.5) is 0 Å². The van der Waals surface area contributed by atoms with Crippen LogP contribution >= 0.6 is 11.8 Å². The second-order valence-corrected chi connectivity index (χ2v) is 4.41. The number of nitrogens with one attached hydrogen (secondary N) is 1. The van der Waals surface area contributed by atoms with E-state index in [2.05, 4.69) is 14.7 Å². The highest BCUT2D eigenvalue weighted by molar-refractivity contribution is 7.99. The summed E-state index contributed by atoms with van der Waals surface area (Å²) in [5.41, 5.74) is -0.425. The van der Waals surface area contributed by atoms with Crippen LogP contribution in [0.5, 0.6) is 0 Å². The minimum atomic E-state index is -1.17. The van der Waals surface area contributed by atoms with E-state index in [1.807, 2.05) is 0 Å². The Labute approximate surface area is 107 Å². The number of methoxy groups -OCH3 is 1. The van der Waals surface area contributed by atoms with Crippen molar-refractivity contribution < 1.29 is 19.4 Å². The third-order valence-electron chi connectivity index (χ3n) is 2.07. The number of aromatic nitrogens is 2. The van der Waals surface area contributed by atoms with Crippen molar-refractivity contribution in [2.45, 2.75) is 18.4 Å². The zero-order chi connectivity index (χ0) is 13.7. The Kier molecular flexibility index (Phi) is 4.90. The van der Waals surface area contributed by atoms with Crippen LogP contribution in [0, 0.1) is 6.92 Å². The van der Waals surface area contributed by atoms with Crippen molar-refractivity contribution in [3.63, 3.8) is 0 Å². The number of hydrogen-bond donors (Lipinski definition) is 2. The van der Waals surface area contributed by atoms with Crippen LogP contribution in [-0.4, -0.2) is 39.9 Å². The fraction of sp³-hybridized carbons (Fsp3) is 0.400. The van der Waals surface area contributed by atoms with Gasteiger partial charge in [-0.2, -0.15) is 4.98 Å². The Morgan fingerprint density at radius 3 is 2.72 bits per heavy atom. The highest BCUT2D eigenvalue weighted by Crippen LogP contribution is 2.21. The summed E-state index contributed by atoms with van der Waals surface area (Å²) >= 11 is 1.03. The first-order valence-electron chi connectivity index (χ1n) is 4.99. The lowest BCUT2D eigenvalue weighted by Gasteiger charge is -2.06. The molecule has 0 spiro atoms. The molecule has 1 aromatic rings. The van der Waals surface area contributed by atoms with Crippen LogP contribution in [0.2, 0.25) is 0 Å². The van der Waals surface area contributed by atoms with Crippen molar-refractivity contribution in [2.75, 3.05) is 12.9 Å². The molecule has 18 heavy (non-hydrogen) atoms. The molecule has 0 amide bonds. The van der Waals surface area contributed by atoms with Crippen LogP contribution in [0.25, 0.3) is 0 Å². The van der Waals surface area contributed by atoms with Gasteiger partial charge >= 0.3 is 17.6 Å². The summed E-state index contributed by atoms with van der Waals surface area (Å²) in [5, 5.41) is 9.13. The first-order chi connectivity index (χ1) is 8.45. The van der Waals surface area contributed by atoms with Crippen LogP contribution in [-0.2, 0) is 9.53 Å². The van der Waals surface area contributed by atoms with Gasteiger partial charge in [-0.05, 0) is 6.92 Å². The van der Waals surface area contributed by atoms with Crippen LogP contribution in [0.3, 0.4) is 0 Å². The molecule has 1 rings (SSSR count). The number of carbonyl (C=O) groups is 2. The van der Waals surface area contributed by atoms with Crippen molar-refractivity contribution in [1.29, 1.82) is 0 Å². The summed E-state index contributed by atoms with van der Waals surface area (Å²) in [4.78, 5) is 39.0. The predicted octanol–water partition coefficient (Wildman–Crippen LogP) is 0.432. The minimum absolute atomic E-state index is 0.0514. The lowest BCUT2D eigenvalue weighted by molar-refractivity contribution is -0.140. The van der Waals surface area contributed by atoms with Gasteiger partial charge in [0.05, 0.1) is 13.5 Å². The fourth-order valence-corrected chi connectivity index (χ4v) is 2.24. The number of aromatic amines is 1. The van der Waals surface area contributed by atoms with Gasteiger partial charge in [0, 0.05) is 11.4 Å². The lowest BCUT2D eigenvalue weighted by atomic mass is 10.2. The van der Waals surface area contributed by atoms with E-state index in [4.69, 9.17) is 5.11 Å². The highest BCUT2D eigenvalue weighted by Gasteiger charge is 2.17. The molecule has 0 saturated heterocycles. The van der Waals surface area contributed by atoms with Crippen molar-refractivity contribution in [3.8, 4) is 0 Å². The molecule has 0 aliphatic carbocycles. The topological polar surface area (TPSA) is 109 Å². The minimum Gasteiger partial charge on any atom is -0.478 e. The maximum absolute atomic E-state index is 11.2. The molecule has 2 N–H and O–H groups in total. The average molecular weight is 272 g/mol. The molecule has 0 aliphatic rings. The average Bonchev–Trinajstić information content (AvgIpc) is 2.27. The van der Waals surface area contributed by atoms with Crippen LogP contribution in [0.15, 0.2) is 9.82 Å². The number of carboxylic acid groups (broad SMARTS) is 1. The normalized spacial score (nSPS) is 10.1. The second kappa shape index (κ2) is 6.20. The van der Waals surface area contributed by atoms with Gasteiger partial charge in [0.2, 0.25) is 0 Å². The number of H-pyrrole nitrogens is 1. The Hall–Kier alpha value is -1.83. The Balaban J connectivity index is 2.90. The Morgan fingerprint density at radius 1 is 1.50 bits per heavy atom. The first kappa shape index (κ1) is 14.2. The molecule has 7 nitrogen and oxygen atoms in total. The maximum Gasteiger partial charge on any atom is 0.346 e. The fourth-order valence-electron chi connectivity index (χ4n) is 1.25. The number of hydrogen-bond acceptors (Lipinski definition) is 6. The van der Waals surface area contributed by atoms with E-state index in [0.29, 0.717) is 5.75 Å². The Morgan fingerprint density at radius 2 is 2.17 bits per heavy atom. The quantitative estimate of drug-likeness (QED) is 0.454. The molecular formula is C10H12N2O5S. The van der Waals surface area contributed by atoms with E-state index in [1.165, 1.54) is 14.0 Å². The molecule has 0 bridgehead atoms. The first-order valence-corrected chi connectivity index (χ1v) is 5.98. The number of rotatable bonds is 5. The van der Waals surface area contributed by atoms with Gasteiger partial charge in [0.1, 0.15) is 10.6 Å². The molecule has 8 heteroatoms. The van der Waals surface area contributed by atoms with Gasteiger partial charge < -0.3 is 14.8 Å². The van der Waals surface area contributed by atoms with E-state index in [-0.39, 0.29) is 22.7 Å². The monoisotopic (exact) mass is 272 g/mol. The molecule has 0 aliphatic heterocycles. The van der Waals surface area contributed by atoms with E-state index in [0.717, 1.165) is 11.8 Å². The van der Waals surface area contributed by atoms with E-state index in [1.54, 1.807) is 0 Å². The molecule has 1 heterocycles. The summed E-state index contributed by atoms with van der Waals surface area (Å²) < 4.78 is 4.46. The zero-order valence-electron chi connectivity index (χ0n) is 9.85. The third kappa shape index (κ3) is 3.59. The number of nitrogens with zero attached hydrogens (tertiary/aromatic N) is 1. The zero-order valence-corrected chi connectivity index (χ0v) is 10.7. The molecule has 0 atom stereocenters. The summed E-state index contributed by atoms with van der Waals surface area (Å²) in [6.45, 7) is 1.48. The van der Waals surface area contributed by atoms with Gasteiger partial charge in [-0.25, -0.2) is 9.59 Å². The molecule has 0 unspecified atom stereocenters. The lowest BCUT2D eigenvalue weighted by Crippen LogP contribution is -2.18. The van der Waals surface area contributed by atoms with E-state index < -0.39 is 17.6 Å². The SMILES string of the molecule is COC(=O)CCSc1nc(=O)[nH]c(C)c1C(=O)O. The number of carboxylic acids is 1. The van der Waals surface area contributed by atoms with Crippen molar-refractivity contribution in [1.82, 2.24) is 9.97 Å². The van der Waals surface area contributed by atoms with Gasteiger partial charge in [0.25, 0.3) is 0 Å². The Bertz CT molecular complexity index is 525. The highest BCUT2D eigenvalue weighted by atomic mass is 32.2. The number of ether oxygens (including phenoxy) is 1. The summed E-state index contributed by atoms with van der Waals surface area (Å²) in [6, 6.07) is 0. The number of aromatic carboxylic acids is 1. The van der Waals surface area contributed by atoms with Gasteiger partial charge in [-0.3, -0.25) is 4.79 Å². The van der Waals surface area contributed by atoms with Crippen molar-refractivity contribution >= 4 is 23.7 Å². The number of thioether (sulfide) groups is 1. The molecule has 0 aromatic carbocycles. The van der Waals surface area contributed by atoms with E-state index in [9.17, 15) is 14.4 Å². The predicted molar refractivity (Wildman–Crippen MR) is 63.9 cm³/mol. The molecule has 1 aromatic heterocycles. The molecule has 0 fully saturated rings. The summed E-state index contributed by atoms with van der Waals surface area (Å²) in [7, 11) is 1.27. The van der Waals surface area contributed by atoms with Crippen molar-refractivity contribution in [2.24, 2.45) is 0 Å². The molecule has 0 radical (unpaired) electrons. The number of aryl methyl sites for hydroxylation is 1. The smallest absolute Gasteiger partial charge is 0.346 e. The van der Waals surface area contributed by atoms with Gasteiger partial charge in [-0.15, -0.1) is 11.8 Å². The maximum atomic E-state index is 11.2. The third-order valence-corrected chi connectivity index (χ3v) is 3.05. The van der Waals surface area contributed by atoms with Crippen molar-refractivity contribution in [3.05, 3.63) is 21.7 Å². The molecular weight excluding hydrogens is 260 g/mol. The molecule has 98 valence electrons. The van der Waals surface area contributed by atoms with Gasteiger partial charge in [-0.1, -0.05) is 0 Å². The number of esters is 1. The molecule has 0 saturated carbocycles. The largest absolute Gasteiger partial charge is 0.478 e. The standard InChI is InChI=1S/C10H12N2O5S/c1-5-7(9(14)15)8(12-10(16)11-5)18-4-3-6(13)17-2/h3-4H2,1-2H3,(H,14,15)(H,11,12,16). The van der Waals surface area contributed by atoms with E-state index >= 15 is 0 Å². The summed E-state index contributed by atoms with van der Waals surface area (Å²) in [5.74, 6) is -1.28. The number of carbonyl (C=O) groups excluding carboxylic acids is 1. The van der Waals surface area contributed by atoms with Crippen LogP contribution < -0.4 is 5.69 Å². The summed E-state index contributed by atoms with van der Waals surface area (Å²) in [6.07, 6.45) is 0.119.